The minimum absolute atomic E-state index is 0.0260. The van der Waals surface area contributed by atoms with Crippen LogP contribution < -0.4 is 4.90 Å². The van der Waals surface area contributed by atoms with Crippen LogP contribution in [0, 0.1) is 10.1 Å². The van der Waals surface area contributed by atoms with Crippen molar-refractivity contribution in [1.82, 2.24) is 14.7 Å². The molecule has 2 saturated heterocycles. The van der Waals surface area contributed by atoms with Crippen molar-refractivity contribution >= 4 is 17.2 Å². The van der Waals surface area contributed by atoms with Crippen LogP contribution in [0.25, 0.3) is 0 Å². The molecule has 0 aliphatic carbocycles. The van der Waals surface area contributed by atoms with Crippen LogP contribution in [0.3, 0.4) is 0 Å². The Balaban J connectivity index is 1.66. The van der Waals surface area contributed by atoms with E-state index in [-0.39, 0.29) is 16.4 Å². The van der Waals surface area contributed by atoms with Crippen molar-refractivity contribution in [2.45, 2.75) is 6.42 Å². The number of hydrogen-bond acceptors (Lipinski definition) is 7. The maximum atomic E-state index is 12.6. The third-order valence-electron chi connectivity index (χ3n) is 5.59. The van der Waals surface area contributed by atoms with Crippen LogP contribution in [-0.4, -0.2) is 98.4 Å². The standard InChI is InChI=1S/C19H29N5O3/c1-20-7-11-22(12-8-20)6-5-19(25)16-3-4-17(18(15-16)24(26)27)23-13-9-21(2)10-14-23/h3-4,15H,5-14H2,1-2H3. The molecule has 0 N–H and O–H groups in total. The number of nitro benzene ring substituents is 1. The van der Waals surface area contributed by atoms with E-state index in [2.05, 4.69) is 21.7 Å². The second-order valence-electron chi connectivity index (χ2n) is 7.57. The van der Waals surface area contributed by atoms with Crippen molar-refractivity contribution in [1.29, 1.82) is 0 Å². The van der Waals surface area contributed by atoms with Gasteiger partial charge in [-0.15, -0.1) is 0 Å². The number of anilines is 1. The van der Waals surface area contributed by atoms with Gasteiger partial charge < -0.3 is 19.6 Å². The van der Waals surface area contributed by atoms with E-state index in [1.807, 2.05) is 11.9 Å². The van der Waals surface area contributed by atoms with E-state index in [0.29, 0.717) is 24.2 Å². The smallest absolute Gasteiger partial charge is 0.293 e. The van der Waals surface area contributed by atoms with Gasteiger partial charge in [0.1, 0.15) is 5.69 Å². The molecule has 8 heteroatoms. The molecule has 0 saturated carbocycles. The second-order valence-corrected chi connectivity index (χ2v) is 7.57. The predicted molar refractivity (Wildman–Crippen MR) is 106 cm³/mol. The molecule has 1 aromatic carbocycles. The Morgan fingerprint density at radius 1 is 1.00 bits per heavy atom. The predicted octanol–water partition coefficient (Wildman–Crippen LogP) is 1.17. The summed E-state index contributed by atoms with van der Waals surface area (Å²) >= 11 is 0. The largest absolute Gasteiger partial charge is 0.363 e. The third-order valence-corrected chi connectivity index (χ3v) is 5.59. The van der Waals surface area contributed by atoms with Crippen LogP contribution in [0.4, 0.5) is 11.4 Å². The quantitative estimate of drug-likeness (QED) is 0.420. The maximum Gasteiger partial charge on any atom is 0.293 e. The molecule has 0 aromatic heterocycles. The number of benzene rings is 1. The van der Waals surface area contributed by atoms with Gasteiger partial charge in [0.2, 0.25) is 0 Å². The van der Waals surface area contributed by atoms with Crippen molar-refractivity contribution in [3.05, 3.63) is 33.9 Å². The van der Waals surface area contributed by atoms with E-state index >= 15 is 0 Å². The van der Waals surface area contributed by atoms with Crippen LogP contribution in [0.15, 0.2) is 18.2 Å². The fourth-order valence-corrected chi connectivity index (χ4v) is 3.63. The van der Waals surface area contributed by atoms with Gasteiger partial charge in [-0.3, -0.25) is 14.9 Å². The summed E-state index contributed by atoms with van der Waals surface area (Å²) in [6, 6.07) is 4.94. The topological polar surface area (TPSA) is 73.2 Å². The van der Waals surface area contributed by atoms with E-state index < -0.39 is 0 Å². The van der Waals surface area contributed by atoms with Crippen LogP contribution in [-0.2, 0) is 0 Å². The van der Waals surface area contributed by atoms with Gasteiger partial charge in [0.05, 0.1) is 4.92 Å². The number of rotatable bonds is 6. The van der Waals surface area contributed by atoms with Crippen molar-refractivity contribution in [3.8, 4) is 0 Å². The lowest BCUT2D eigenvalue weighted by Gasteiger charge is -2.33. The minimum Gasteiger partial charge on any atom is -0.363 e. The molecule has 0 spiro atoms. The van der Waals surface area contributed by atoms with Crippen molar-refractivity contribution in [2.24, 2.45) is 0 Å². The molecule has 8 nitrogen and oxygen atoms in total. The van der Waals surface area contributed by atoms with Gasteiger partial charge in [-0.2, -0.15) is 0 Å². The molecule has 3 rings (SSSR count). The number of nitro groups is 1. The van der Waals surface area contributed by atoms with E-state index in [0.717, 1.165) is 52.4 Å². The minimum atomic E-state index is -0.370. The molecule has 0 amide bonds. The Morgan fingerprint density at radius 3 is 2.19 bits per heavy atom. The third kappa shape index (κ3) is 5.03. The molecule has 2 aliphatic rings. The summed E-state index contributed by atoms with van der Waals surface area (Å²) in [7, 11) is 4.15. The lowest BCUT2D eigenvalue weighted by Crippen LogP contribution is -2.45. The van der Waals surface area contributed by atoms with Gasteiger partial charge in [-0.05, 0) is 26.2 Å². The fraction of sp³-hybridized carbons (Fsp3) is 0.632. The average Bonchev–Trinajstić information content (AvgIpc) is 2.67. The molecule has 2 fully saturated rings. The summed E-state index contributed by atoms with van der Waals surface area (Å²) in [6.45, 7) is 7.94. The molecule has 0 bridgehead atoms. The van der Waals surface area contributed by atoms with Crippen LogP contribution in [0.2, 0.25) is 0 Å². The first-order valence-corrected chi connectivity index (χ1v) is 9.60. The first-order valence-electron chi connectivity index (χ1n) is 9.60. The van der Waals surface area contributed by atoms with Gasteiger partial charge in [0.25, 0.3) is 5.69 Å². The summed E-state index contributed by atoms with van der Waals surface area (Å²) in [5.41, 5.74) is 1.09. The van der Waals surface area contributed by atoms with Gasteiger partial charge in [0.15, 0.2) is 5.78 Å². The van der Waals surface area contributed by atoms with Crippen molar-refractivity contribution in [3.63, 3.8) is 0 Å². The summed E-state index contributed by atoms with van der Waals surface area (Å²) < 4.78 is 0. The average molecular weight is 375 g/mol. The van der Waals surface area contributed by atoms with Gasteiger partial charge >= 0.3 is 0 Å². The lowest BCUT2D eigenvalue weighted by molar-refractivity contribution is -0.384. The molecule has 0 unspecified atom stereocenters. The Morgan fingerprint density at radius 2 is 1.59 bits per heavy atom. The Bertz CT molecular complexity index is 680. The molecular weight excluding hydrogens is 346 g/mol. The molecule has 0 atom stereocenters. The van der Waals surface area contributed by atoms with E-state index in [1.54, 1.807) is 12.1 Å². The number of carbonyl (C=O) groups is 1. The molecule has 0 radical (unpaired) electrons. The Kier molecular flexibility index (Phi) is 6.41. The van der Waals surface area contributed by atoms with E-state index in [1.165, 1.54) is 6.07 Å². The molecule has 148 valence electrons. The summed E-state index contributed by atoms with van der Waals surface area (Å²) in [4.78, 5) is 32.6. The number of Topliss-reactive ketones (excluding diaryl/α,β-unsaturated/α-hetero) is 1. The van der Waals surface area contributed by atoms with Gasteiger partial charge in [-0.25, -0.2) is 0 Å². The van der Waals surface area contributed by atoms with Crippen LogP contribution in [0.5, 0.6) is 0 Å². The highest BCUT2D eigenvalue weighted by atomic mass is 16.6. The highest BCUT2D eigenvalue weighted by Crippen LogP contribution is 2.30. The zero-order chi connectivity index (χ0) is 19.4. The SMILES string of the molecule is CN1CCN(CCC(=O)c2ccc(N3CCN(C)CC3)c([N+](=O)[O-])c2)CC1. The monoisotopic (exact) mass is 375 g/mol. The molecule has 2 heterocycles. The van der Waals surface area contributed by atoms with Crippen molar-refractivity contribution in [2.75, 3.05) is 77.9 Å². The first-order chi connectivity index (χ1) is 12.9. The number of nitrogens with zero attached hydrogens (tertiary/aromatic N) is 5. The number of piperazine rings is 2. The molecular formula is C19H29N5O3. The maximum absolute atomic E-state index is 12.6. The summed E-state index contributed by atoms with van der Waals surface area (Å²) in [5.74, 6) is -0.0260. The zero-order valence-corrected chi connectivity index (χ0v) is 16.3. The zero-order valence-electron chi connectivity index (χ0n) is 16.3. The first kappa shape index (κ1) is 19.7. The van der Waals surface area contributed by atoms with E-state index in [4.69, 9.17) is 0 Å². The fourth-order valence-electron chi connectivity index (χ4n) is 3.63. The van der Waals surface area contributed by atoms with Crippen LogP contribution >= 0.6 is 0 Å². The summed E-state index contributed by atoms with van der Waals surface area (Å²) in [6.07, 6.45) is 0.398. The summed E-state index contributed by atoms with van der Waals surface area (Å²) in [5, 5.41) is 11.6. The lowest BCUT2D eigenvalue weighted by atomic mass is 10.1. The number of hydrogen-bond donors (Lipinski definition) is 0. The van der Waals surface area contributed by atoms with E-state index in [9.17, 15) is 14.9 Å². The Labute approximate surface area is 160 Å². The molecule has 27 heavy (non-hydrogen) atoms. The van der Waals surface area contributed by atoms with Crippen molar-refractivity contribution < 1.29 is 9.72 Å². The molecule has 1 aromatic rings. The normalized spacial score (nSPS) is 20.0. The Hall–Kier alpha value is -2.03. The van der Waals surface area contributed by atoms with Gasteiger partial charge in [0, 0.05) is 77.0 Å². The van der Waals surface area contributed by atoms with Gasteiger partial charge in [-0.1, -0.05) is 0 Å². The molecule has 2 aliphatic heterocycles. The number of ketones is 1. The second kappa shape index (κ2) is 8.77. The number of likely N-dealkylation sites (N-methyl/N-ethyl adjacent to an activating group) is 2. The van der Waals surface area contributed by atoms with Crippen LogP contribution in [0.1, 0.15) is 16.8 Å². The highest BCUT2D eigenvalue weighted by Gasteiger charge is 2.24. The highest BCUT2D eigenvalue weighted by molar-refractivity contribution is 5.97. The number of carbonyl (C=O) groups excluding carboxylic acids is 1.